The van der Waals surface area contributed by atoms with Gasteiger partial charge in [-0.05, 0) is 67.8 Å². The van der Waals surface area contributed by atoms with E-state index < -0.39 is 15.1 Å². The molecule has 0 atom stereocenters. The first kappa shape index (κ1) is 23.4. The van der Waals surface area contributed by atoms with E-state index in [2.05, 4.69) is 15.6 Å². The van der Waals surface area contributed by atoms with Gasteiger partial charge in [-0.2, -0.15) is 0 Å². The Hall–Kier alpha value is -2.78. The lowest BCUT2D eigenvalue weighted by Gasteiger charge is -2.27. The second-order valence-electron chi connectivity index (χ2n) is 8.26. The van der Waals surface area contributed by atoms with Crippen LogP contribution in [0.2, 0.25) is 0 Å². The summed E-state index contributed by atoms with van der Waals surface area (Å²) < 4.78 is 27.1. The number of benzene rings is 1. The van der Waals surface area contributed by atoms with E-state index in [1.54, 1.807) is 36.7 Å². The van der Waals surface area contributed by atoms with E-state index in [1.807, 2.05) is 19.1 Å². The Morgan fingerprint density at radius 1 is 1.06 bits per heavy atom. The minimum absolute atomic E-state index is 0.0204. The van der Waals surface area contributed by atoms with Crippen LogP contribution in [0, 0.1) is 5.92 Å². The van der Waals surface area contributed by atoms with Gasteiger partial charge in [-0.3, -0.25) is 14.6 Å². The number of amides is 2. The van der Waals surface area contributed by atoms with Crippen molar-refractivity contribution in [1.29, 1.82) is 0 Å². The molecule has 1 saturated carbocycles. The van der Waals surface area contributed by atoms with Gasteiger partial charge in [-0.25, -0.2) is 8.42 Å². The van der Waals surface area contributed by atoms with Crippen LogP contribution in [-0.2, 0) is 21.2 Å². The molecule has 0 aliphatic heterocycles. The maximum absolute atomic E-state index is 13.1. The molecule has 7 nitrogen and oxygen atoms in total. The first-order valence-electron chi connectivity index (χ1n) is 11.1. The summed E-state index contributed by atoms with van der Waals surface area (Å²) in [5.41, 5.74) is 0.824. The summed E-state index contributed by atoms with van der Waals surface area (Å²) in [7, 11) is -3.45. The molecule has 0 spiro atoms. The maximum atomic E-state index is 13.1. The highest BCUT2D eigenvalue weighted by Crippen LogP contribution is 2.32. The van der Waals surface area contributed by atoms with Crippen LogP contribution in [-0.4, -0.2) is 37.0 Å². The van der Waals surface area contributed by atoms with E-state index in [0.717, 1.165) is 15.6 Å². The maximum Gasteiger partial charge on any atom is 0.261 e. The summed E-state index contributed by atoms with van der Waals surface area (Å²) in [4.78, 5) is 29.5. The molecule has 1 aliphatic carbocycles. The molecule has 2 heterocycles. The van der Waals surface area contributed by atoms with Crippen molar-refractivity contribution in [3.05, 3.63) is 59.2 Å². The number of carbonyl (C=O) groups excluding carboxylic acids is 2. The van der Waals surface area contributed by atoms with Gasteiger partial charge in [0.15, 0.2) is 9.84 Å². The summed E-state index contributed by atoms with van der Waals surface area (Å²) in [5.74, 6) is -0.247. The molecular weight excluding hydrogens is 458 g/mol. The average Bonchev–Trinajstić information content (AvgIpc) is 3.27. The summed E-state index contributed by atoms with van der Waals surface area (Å²) in [5, 5.41) is 6.23. The molecule has 0 saturated heterocycles. The van der Waals surface area contributed by atoms with Gasteiger partial charge in [0.25, 0.3) is 5.91 Å². The number of nitrogens with zero attached hydrogens (tertiary/aromatic N) is 1. The molecule has 1 fully saturated rings. The van der Waals surface area contributed by atoms with Crippen LogP contribution in [0.1, 0.15) is 47.8 Å². The van der Waals surface area contributed by atoms with Gasteiger partial charge in [0.1, 0.15) is 0 Å². The highest BCUT2D eigenvalue weighted by Gasteiger charge is 2.34. The van der Waals surface area contributed by atoms with Gasteiger partial charge < -0.3 is 10.6 Å². The molecule has 33 heavy (non-hydrogen) atoms. The summed E-state index contributed by atoms with van der Waals surface area (Å²) in [6.07, 6.45) is 5.60. The van der Waals surface area contributed by atoms with E-state index >= 15 is 0 Å². The second kappa shape index (κ2) is 10.0. The van der Waals surface area contributed by atoms with Gasteiger partial charge in [0.2, 0.25) is 5.91 Å². The number of pyridine rings is 1. The Balaban J connectivity index is 1.34. The lowest BCUT2D eigenvalue weighted by molar-refractivity contribution is -0.125. The first-order valence-corrected chi connectivity index (χ1v) is 13.5. The van der Waals surface area contributed by atoms with Crippen LogP contribution in [0.15, 0.2) is 53.7 Å². The van der Waals surface area contributed by atoms with Crippen molar-refractivity contribution in [2.45, 2.75) is 49.3 Å². The quantitative estimate of drug-likeness (QED) is 0.531. The van der Waals surface area contributed by atoms with Crippen LogP contribution in [0.3, 0.4) is 0 Å². The molecule has 0 bridgehead atoms. The van der Waals surface area contributed by atoms with Crippen LogP contribution in [0.4, 0.5) is 0 Å². The predicted molar refractivity (Wildman–Crippen MR) is 129 cm³/mol. The smallest absolute Gasteiger partial charge is 0.261 e. The zero-order valence-corrected chi connectivity index (χ0v) is 20.0. The fourth-order valence-corrected chi connectivity index (χ4v) is 6.95. The third-order valence-electron chi connectivity index (χ3n) is 6.09. The third-order valence-corrected chi connectivity index (χ3v) is 9.45. The Bertz CT molecular complexity index is 1210. The zero-order valence-electron chi connectivity index (χ0n) is 18.4. The lowest BCUT2D eigenvalue weighted by atomic mass is 9.88. The molecule has 0 radical (unpaired) electrons. The number of hydrogen-bond donors (Lipinski definition) is 2. The van der Waals surface area contributed by atoms with E-state index in [9.17, 15) is 18.0 Å². The van der Waals surface area contributed by atoms with Crippen LogP contribution in [0.5, 0.6) is 0 Å². The molecule has 174 valence electrons. The van der Waals surface area contributed by atoms with Gasteiger partial charge in [0, 0.05) is 31.4 Å². The fourth-order valence-electron chi connectivity index (χ4n) is 4.21. The van der Waals surface area contributed by atoms with Crippen LogP contribution in [0.25, 0.3) is 10.1 Å². The van der Waals surface area contributed by atoms with Gasteiger partial charge in [-0.15, -0.1) is 11.3 Å². The molecule has 4 rings (SSSR count). The number of rotatable bonds is 7. The molecule has 2 amide bonds. The normalized spacial score (nSPS) is 18.7. The van der Waals surface area contributed by atoms with E-state index in [1.165, 1.54) is 11.3 Å². The molecule has 1 aliphatic rings. The molecule has 1 aromatic carbocycles. The Morgan fingerprint density at radius 2 is 1.79 bits per heavy atom. The molecular formula is C24H27N3O4S2. The number of aromatic nitrogens is 1. The number of sulfone groups is 1. The van der Waals surface area contributed by atoms with Gasteiger partial charge >= 0.3 is 0 Å². The third kappa shape index (κ3) is 5.25. The lowest BCUT2D eigenvalue weighted by Crippen LogP contribution is -2.36. The zero-order chi connectivity index (χ0) is 23.4. The monoisotopic (exact) mass is 485 g/mol. The van der Waals surface area contributed by atoms with Crippen molar-refractivity contribution in [2.75, 3.05) is 6.54 Å². The van der Waals surface area contributed by atoms with E-state index in [-0.39, 0.29) is 22.6 Å². The number of hydrogen-bond acceptors (Lipinski definition) is 6. The Labute approximate surface area is 197 Å². The fraction of sp³-hybridized carbons (Fsp3) is 0.375. The SMILES string of the molecule is CCNC(=O)C1CCC(S(=O)(=O)c2ccc(CNC(=O)c3cc4ccncc4s3)cc2)CC1. The number of thiophene rings is 1. The van der Waals surface area contributed by atoms with Crippen LogP contribution < -0.4 is 10.6 Å². The molecule has 3 aromatic rings. The molecule has 2 N–H and O–H groups in total. The number of nitrogens with one attached hydrogen (secondary N) is 2. The van der Waals surface area contributed by atoms with Crippen LogP contribution >= 0.6 is 11.3 Å². The van der Waals surface area contributed by atoms with E-state index in [4.69, 9.17) is 0 Å². The molecule has 0 unspecified atom stereocenters. The minimum Gasteiger partial charge on any atom is -0.356 e. The first-order chi connectivity index (χ1) is 15.9. The minimum atomic E-state index is -3.45. The van der Waals surface area contributed by atoms with Gasteiger partial charge in [0.05, 0.1) is 19.7 Å². The Kier molecular flexibility index (Phi) is 7.09. The molecule has 2 aromatic heterocycles. The average molecular weight is 486 g/mol. The van der Waals surface area contributed by atoms with Gasteiger partial charge in [-0.1, -0.05) is 12.1 Å². The van der Waals surface area contributed by atoms with Crippen molar-refractivity contribution < 1.29 is 18.0 Å². The number of fused-ring (bicyclic) bond motifs is 1. The summed E-state index contributed by atoms with van der Waals surface area (Å²) in [6, 6.07) is 10.4. The standard InChI is InChI=1S/C24H27N3O4S2/c1-2-26-23(28)17-5-9-20(10-6-17)33(30,31)19-7-3-16(4-8-19)14-27-24(29)21-13-18-11-12-25-15-22(18)32-21/h3-4,7-8,11-13,15,17,20H,2,5-6,9-10,14H2,1H3,(H,26,28)(H,27,29). The van der Waals surface area contributed by atoms with Crippen molar-refractivity contribution >= 4 is 43.1 Å². The topological polar surface area (TPSA) is 105 Å². The van der Waals surface area contributed by atoms with Crippen molar-refractivity contribution in [1.82, 2.24) is 15.6 Å². The highest BCUT2D eigenvalue weighted by atomic mass is 32.2. The highest BCUT2D eigenvalue weighted by molar-refractivity contribution is 7.92. The largest absolute Gasteiger partial charge is 0.356 e. The molecule has 9 heteroatoms. The summed E-state index contributed by atoms with van der Waals surface area (Å²) >= 11 is 1.39. The van der Waals surface area contributed by atoms with Crippen molar-refractivity contribution in [3.63, 3.8) is 0 Å². The summed E-state index contributed by atoms with van der Waals surface area (Å²) in [6.45, 7) is 2.78. The van der Waals surface area contributed by atoms with Crippen molar-refractivity contribution in [3.8, 4) is 0 Å². The predicted octanol–water partition coefficient (Wildman–Crippen LogP) is 3.69. The van der Waals surface area contributed by atoms with Crippen molar-refractivity contribution in [2.24, 2.45) is 5.92 Å². The van der Waals surface area contributed by atoms with E-state index in [0.29, 0.717) is 43.6 Å². The second-order valence-corrected chi connectivity index (χ2v) is 11.6. The number of carbonyl (C=O) groups is 2. The Morgan fingerprint density at radius 3 is 2.45 bits per heavy atom.